The second-order valence-corrected chi connectivity index (χ2v) is 3.64. The maximum atomic E-state index is 5.68. The van der Waals surface area contributed by atoms with Crippen molar-refractivity contribution < 1.29 is 9.47 Å². The Bertz CT molecular complexity index is 104. The molecule has 2 unspecified atom stereocenters. The third-order valence-corrected chi connectivity index (χ3v) is 2.46. The molecule has 0 saturated carbocycles. The first-order valence-corrected chi connectivity index (χ1v) is 5.35. The van der Waals surface area contributed by atoms with Crippen LogP contribution in [0.1, 0.15) is 40.0 Å². The maximum Gasteiger partial charge on any atom is 0.0704 e. The van der Waals surface area contributed by atoms with Crippen LogP contribution in [0.2, 0.25) is 0 Å². The summed E-state index contributed by atoms with van der Waals surface area (Å²) >= 11 is 0. The van der Waals surface area contributed by atoms with E-state index in [0.717, 1.165) is 18.9 Å². The average Bonchev–Trinajstić information content (AvgIpc) is 2.16. The van der Waals surface area contributed by atoms with Gasteiger partial charge in [0.15, 0.2) is 0 Å². The van der Waals surface area contributed by atoms with E-state index in [4.69, 9.17) is 9.47 Å². The second-order valence-electron chi connectivity index (χ2n) is 3.64. The number of rotatable bonds is 8. The molecule has 0 aliphatic heterocycles. The van der Waals surface area contributed by atoms with Crippen molar-refractivity contribution in [3.05, 3.63) is 0 Å². The fraction of sp³-hybridized carbons (Fsp3) is 1.00. The van der Waals surface area contributed by atoms with Gasteiger partial charge < -0.3 is 9.47 Å². The zero-order valence-corrected chi connectivity index (χ0v) is 9.51. The van der Waals surface area contributed by atoms with Gasteiger partial charge in [0, 0.05) is 7.11 Å². The van der Waals surface area contributed by atoms with Crippen molar-refractivity contribution in [2.24, 2.45) is 5.92 Å². The summed E-state index contributed by atoms with van der Waals surface area (Å²) in [5, 5.41) is 0. The largest absolute Gasteiger partial charge is 0.382 e. The fourth-order valence-corrected chi connectivity index (χ4v) is 1.27. The van der Waals surface area contributed by atoms with Crippen molar-refractivity contribution >= 4 is 0 Å². The molecule has 0 N–H and O–H groups in total. The van der Waals surface area contributed by atoms with Gasteiger partial charge in [-0.05, 0) is 18.8 Å². The number of ether oxygens (including phenoxy) is 2. The van der Waals surface area contributed by atoms with Crippen molar-refractivity contribution in [1.29, 1.82) is 0 Å². The lowest BCUT2D eigenvalue weighted by atomic mass is 10.00. The van der Waals surface area contributed by atoms with E-state index in [1.165, 1.54) is 12.8 Å². The molecule has 2 heteroatoms. The molecule has 0 amide bonds. The van der Waals surface area contributed by atoms with Crippen molar-refractivity contribution in [3.8, 4) is 0 Å². The lowest BCUT2D eigenvalue weighted by Gasteiger charge is -2.19. The van der Waals surface area contributed by atoms with Crippen molar-refractivity contribution in [2.75, 3.05) is 20.3 Å². The molecule has 0 rings (SSSR count). The SMILES string of the molecule is CCC(C)CC(CC)OCCOC. The van der Waals surface area contributed by atoms with Crippen molar-refractivity contribution in [3.63, 3.8) is 0 Å². The molecule has 0 aliphatic carbocycles. The minimum absolute atomic E-state index is 0.421. The summed E-state index contributed by atoms with van der Waals surface area (Å²) in [5.41, 5.74) is 0. The quantitative estimate of drug-likeness (QED) is 0.545. The standard InChI is InChI=1S/C11H24O2/c1-5-10(3)9-11(6-2)13-8-7-12-4/h10-11H,5-9H2,1-4H3. The molecule has 0 spiro atoms. The molecule has 2 atom stereocenters. The third-order valence-electron chi connectivity index (χ3n) is 2.46. The molecule has 0 bridgehead atoms. The molecular weight excluding hydrogens is 164 g/mol. The maximum absolute atomic E-state index is 5.68. The molecule has 13 heavy (non-hydrogen) atoms. The van der Waals surface area contributed by atoms with E-state index in [1.54, 1.807) is 7.11 Å². The lowest BCUT2D eigenvalue weighted by molar-refractivity contribution is 0.00458. The molecule has 2 nitrogen and oxygen atoms in total. The molecule has 0 heterocycles. The van der Waals surface area contributed by atoms with E-state index in [2.05, 4.69) is 20.8 Å². The highest BCUT2D eigenvalue weighted by molar-refractivity contribution is 4.60. The van der Waals surface area contributed by atoms with Crippen LogP contribution in [-0.2, 0) is 9.47 Å². The van der Waals surface area contributed by atoms with E-state index in [0.29, 0.717) is 12.7 Å². The molecule has 0 saturated heterocycles. The van der Waals surface area contributed by atoms with Crippen molar-refractivity contribution in [1.82, 2.24) is 0 Å². The minimum atomic E-state index is 0.421. The van der Waals surface area contributed by atoms with Gasteiger partial charge in [-0.2, -0.15) is 0 Å². The van der Waals surface area contributed by atoms with E-state index >= 15 is 0 Å². The summed E-state index contributed by atoms with van der Waals surface area (Å²) < 4.78 is 10.6. The summed E-state index contributed by atoms with van der Waals surface area (Å²) in [7, 11) is 1.71. The number of hydrogen-bond acceptors (Lipinski definition) is 2. The molecular formula is C11H24O2. The van der Waals surface area contributed by atoms with Gasteiger partial charge >= 0.3 is 0 Å². The zero-order chi connectivity index (χ0) is 10.1. The van der Waals surface area contributed by atoms with Gasteiger partial charge in [0.2, 0.25) is 0 Å². The van der Waals surface area contributed by atoms with Gasteiger partial charge in [0.25, 0.3) is 0 Å². The zero-order valence-electron chi connectivity index (χ0n) is 9.51. The van der Waals surface area contributed by atoms with Crippen LogP contribution in [0, 0.1) is 5.92 Å². The smallest absolute Gasteiger partial charge is 0.0704 e. The summed E-state index contributed by atoms with van der Waals surface area (Å²) in [6.07, 6.45) is 3.94. The van der Waals surface area contributed by atoms with Crippen LogP contribution >= 0.6 is 0 Å². The molecule has 0 aliphatic rings. The van der Waals surface area contributed by atoms with Crippen LogP contribution in [0.4, 0.5) is 0 Å². The monoisotopic (exact) mass is 188 g/mol. The summed E-state index contributed by atoms with van der Waals surface area (Å²) in [6, 6.07) is 0. The van der Waals surface area contributed by atoms with Crippen LogP contribution in [-0.4, -0.2) is 26.4 Å². The summed E-state index contributed by atoms with van der Waals surface area (Å²) in [6.45, 7) is 8.12. The predicted octanol–water partition coefficient (Wildman–Crippen LogP) is 2.86. The fourth-order valence-electron chi connectivity index (χ4n) is 1.27. The van der Waals surface area contributed by atoms with Crippen molar-refractivity contribution in [2.45, 2.75) is 46.1 Å². The first kappa shape index (κ1) is 12.9. The molecule has 80 valence electrons. The van der Waals surface area contributed by atoms with Gasteiger partial charge in [-0.15, -0.1) is 0 Å². The average molecular weight is 188 g/mol. The van der Waals surface area contributed by atoms with Gasteiger partial charge in [0.05, 0.1) is 19.3 Å². The Kier molecular flexibility index (Phi) is 8.46. The van der Waals surface area contributed by atoms with Crippen LogP contribution in [0.5, 0.6) is 0 Å². The van der Waals surface area contributed by atoms with Crippen LogP contribution in [0.25, 0.3) is 0 Å². The van der Waals surface area contributed by atoms with E-state index in [-0.39, 0.29) is 0 Å². The molecule has 0 aromatic carbocycles. The Labute approximate surface area is 82.6 Å². The Morgan fingerprint density at radius 3 is 2.23 bits per heavy atom. The summed E-state index contributed by atoms with van der Waals surface area (Å²) in [5.74, 6) is 0.771. The number of hydrogen-bond donors (Lipinski definition) is 0. The Morgan fingerprint density at radius 2 is 1.77 bits per heavy atom. The lowest BCUT2D eigenvalue weighted by Crippen LogP contribution is -2.17. The highest BCUT2D eigenvalue weighted by atomic mass is 16.5. The molecule has 0 aromatic heterocycles. The summed E-state index contributed by atoms with van der Waals surface area (Å²) in [4.78, 5) is 0. The Hall–Kier alpha value is -0.0800. The normalized spacial score (nSPS) is 15.7. The highest BCUT2D eigenvalue weighted by Crippen LogP contribution is 2.14. The molecule has 0 aromatic rings. The molecule has 0 radical (unpaired) electrons. The van der Waals surface area contributed by atoms with Gasteiger partial charge in [-0.1, -0.05) is 27.2 Å². The minimum Gasteiger partial charge on any atom is -0.382 e. The Balaban J connectivity index is 3.50. The first-order chi connectivity index (χ1) is 6.24. The first-order valence-electron chi connectivity index (χ1n) is 5.35. The van der Waals surface area contributed by atoms with Gasteiger partial charge in [-0.3, -0.25) is 0 Å². The topological polar surface area (TPSA) is 18.5 Å². The van der Waals surface area contributed by atoms with Crippen LogP contribution in [0.15, 0.2) is 0 Å². The van der Waals surface area contributed by atoms with Crippen LogP contribution < -0.4 is 0 Å². The van der Waals surface area contributed by atoms with Gasteiger partial charge in [-0.25, -0.2) is 0 Å². The third kappa shape index (κ3) is 7.03. The van der Waals surface area contributed by atoms with Gasteiger partial charge in [0.1, 0.15) is 0 Å². The van der Waals surface area contributed by atoms with E-state index in [9.17, 15) is 0 Å². The second kappa shape index (κ2) is 8.52. The van der Waals surface area contributed by atoms with E-state index < -0.39 is 0 Å². The molecule has 0 fully saturated rings. The Morgan fingerprint density at radius 1 is 1.08 bits per heavy atom. The van der Waals surface area contributed by atoms with Crippen LogP contribution in [0.3, 0.4) is 0 Å². The predicted molar refractivity (Wildman–Crippen MR) is 56.0 cm³/mol. The highest BCUT2D eigenvalue weighted by Gasteiger charge is 2.10. The van der Waals surface area contributed by atoms with E-state index in [1.807, 2.05) is 0 Å². The number of methoxy groups -OCH3 is 1.